The van der Waals surface area contributed by atoms with Crippen LogP contribution >= 0.6 is 0 Å². The molecular formula is C26H32N2O5. The molecule has 0 radical (unpaired) electrons. The fourth-order valence-corrected chi connectivity index (χ4v) is 5.03. The average Bonchev–Trinajstić information content (AvgIpc) is 3.07. The SMILES string of the molecule is Cc1c(C(=O)Oc2ccccc2)c(OC(=O)OC(C)(C)C)cc2c1N(C)CC1CCN(C)C21. The van der Waals surface area contributed by atoms with Gasteiger partial charge in [-0.15, -0.1) is 0 Å². The van der Waals surface area contributed by atoms with E-state index in [-0.39, 0.29) is 17.4 Å². The van der Waals surface area contributed by atoms with E-state index in [0.29, 0.717) is 11.7 Å². The highest BCUT2D eigenvalue weighted by Gasteiger charge is 2.41. The third-order valence-corrected chi connectivity index (χ3v) is 6.26. The van der Waals surface area contributed by atoms with E-state index in [1.807, 2.05) is 26.1 Å². The lowest BCUT2D eigenvalue weighted by atomic mass is 9.85. The number of nitrogens with zero attached hydrogens (tertiary/aromatic N) is 2. The first kappa shape index (κ1) is 23.1. The minimum absolute atomic E-state index is 0.163. The highest BCUT2D eigenvalue weighted by Crippen LogP contribution is 2.48. The Labute approximate surface area is 195 Å². The largest absolute Gasteiger partial charge is 0.514 e. The molecule has 4 rings (SSSR count). The number of likely N-dealkylation sites (tertiary alicyclic amines) is 1. The van der Waals surface area contributed by atoms with E-state index in [1.54, 1.807) is 45.0 Å². The normalized spacial score (nSPS) is 20.1. The van der Waals surface area contributed by atoms with Crippen LogP contribution in [0, 0.1) is 12.8 Å². The molecule has 2 aliphatic rings. The van der Waals surface area contributed by atoms with Gasteiger partial charge in [-0.1, -0.05) is 18.2 Å². The lowest BCUT2D eigenvalue weighted by molar-refractivity contribution is 0.0204. The molecule has 33 heavy (non-hydrogen) atoms. The van der Waals surface area contributed by atoms with E-state index in [4.69, 9.17) is 14.2 Å². The van der Waals surface area contributed by atoms with Gasteiger partial charge in [0.15, 0.2) is 0 Å². The van der Waals surface area contributed by atoms with Crippen LogP contribution in [-0.2, 0) is 4.74 Å². The molecule has 7 heteroatoms. The Balaban J connectivity index is 1.80. The first-order chi connectivity index (χ1) is 15.5. The number of para-hydroxylation sites is 1. The summed E-state index contributed by atoms with van der Waals surface area (Å²) >= 11 is 0. The molecule has 0 amide bonds. The Kier molecular flexibility index (Phi) is 6.10. The smallest absolute Gasteiger partial charge is 0.428 e. The van der Waals surface area contributed by atoms with Crippen LogP contribution in [0.15, 0.2) is 36.4 Å². The molecule has 1 fully saturated rings. The minimum atomic E-state index is -0.851. The Morgan fingerprint density at radius 1 is 1.06 bits per heavy atom. The number of hydrogen-bond acceptors (Lipinski definition) is 7. The van der Waals surface area contributed by atoms with Crippen LogP contribution in [0.4, 0.5) is 10.5 Å². The number of rotatable bonds is 3. The molecule has 0 N–H and O–H groups in total. The number of carbonyl (C=O) groups excluding carboxylic acids is 2. The number of carbonyl (C=O) groups is 2. The Morgan fingerprint density at radius 2 is 1.76 bits per heavy atom. The minimum Gasteiger partial charge on any atom is -0.428 e. The molecule has 0 aliphatic carbocycles. The standard InChI is InChI=1S/C26H32N2O5/c1-16-21(24(29)31-18-10-8-7-9-11-18)20(32-25(30)33-26(2,3)4)14-19-22(16)28(6)15-17-12-13-27(5)23(17)19/h7-11,14,17,23H,12-13,15H2,1-6H3. The lowest BCUT2D eigenvalue weighted by Gasteiger charge is -2.39. The van der Waals surface area contributed by atoms with Gasteiger partial charge in [-0.25, -0.2) is 9.59 Å². The molecule has 2 aliphatic heterocycles. The van der Waals surface area contributed by atoms with Crippen LogP contribution in [0.3, 0.4) is 0 Å². The molecule has 2 aromatic rings. The first-order valence-electron chi connectivity index (χ1n) is 11.3. The molecule has 1 saturated heterocycles. The van der Waals surface area contributed by atoms with Crippen molar-refractivity contribution in [1.82, 2.24) is 4.90 Å². The van der Waals surface area contributed by atoms with Gasteiger partial charge < -0.3 is 19.1 Å². The maximum Gasteiger partial charge on any atom is 0.514 e. The molecule has 0 spiro atoms. The van der Waals surface area contributed by atoms with Gasteiger partial charge in [0, 0.05) is 25.3 Å². The highest BCUT2D eigenvalue weighted by molar-refractivity contribution is 5.98. The van der Waals surface area contributed by atoms with Crippen LogP contribution in [-0.4, -0.2) is 49.8 Å². The second kappa shape index (κ2) is 8.71. The maximum absolute atomic E-state index is 13.3. The van der Waals surface area contributed by atoms with Gasteiger partial charge in [0.25, 0.3) is 0 Å². The van der Waals surface area contributed by atoms with Crippen molar-refractivity contribution in [3.8, 4) is 11.5 Å². The second-order valence-corrected chi connectivity index (χ2v) is 9.94. The molecule has 0 aromatic heterocycles. The first-order valence-corrected chi connectivity index (χ1v) is 11.3. The summed E-state index contributed by atoms with van der Waals surface area (Å²) in [6.07, 6.45) is 0.250. The average molecular weight is 453 g/mol. The van der Waals surface area contributed by atoms with Crippen LogP contribution in [0.25, 0.3) is 0 Å². The fourth-order valence-electron chi connectivity index (χ4n) is 5.03. The third kappa shape index (κ3) is 4.69. The zero-order valence-corrected chi connectivity index (χ0v) is 20.2. The van der Waals surface area contributed by atoms with Crippen molar-refractivity contribution in [3.63, 3.8) is 0 Å². The predicted molar refractivity (Wildman–Crippen MR) is 126 cm³/mol. The van der Waals surface area contributed by atoms with E-state index in [9.17, 15) is 9.59 Å². The number of fused-ring (bicyclic) bond motifs is 3. The summed E-state index contributed by atoms with van der Waals surface area (Å²) in [4.78, 5) is 30.4. The molecule has 0 saturated carbocycles. The summed E-state index contributed by atoms with van der Waals surface area (Å²) < 4.78 is 16.7. The number of hydrogen-bond donors (Lipinski definition) is 0. The van der Waals surface area contributed by atoms with Crippen molar-refractivity contribution in [1.29, 1.82) is 0 Å². The van der Waals surface area contributed by atoms with E-state index >= 15 is 0 Å². The highest BCUT2D eigenvalue weighted by atomic mass is 16.7. The fraction of sp³-hybridized carbons (Fsp3) is 0.462. The van der Waals surface area contributed by atoms with Gasteiger partial charge in [0.2, 0.25) is 0 Å². The Hall–Kier alpha value is -3.06. The molecule has 2 aromatic carbocycles. The van der Waals surface area contributed by atoms with Gasteiger partial charge >= 0.3 is 12.1 Å². The van der Waals surface area contributed by atoms with Crippen molar-refractivity contribution >= 4 is 17.8 Å². The number of benzene rings is 2. The zero-order chi connectivity index (χ0) is 23.9. The summed E-state index contributed by atoms with van der Waals surface area (Å²) in [5, 5.41) is 0. The molecule has 7 nitrogen and oxygen atoms in total. The molecular weight excluding hydrogens is 420 g/mol. The summed E-state index contributed by atoms with van der Waals surface area (Å²) in [6, 6.07) is 10.9. The quantitative estimate of drug-likeness (QED) is 0.370. The monoisotopic (exact) mass is 452 g/mol. The summed E-state index contributed by atoms with van der Waals surface area (Å²) in [6.45, 7) is 9.09. The summed E-state index contributed by atoms with van der Waals surface area (Å²) in [7, 11) is 4.15. The van der Waals surface area contributed by atoms with E-state index in [1.165, 1.54) is 0 Å². The summed E-state index contributed by atoms with van der Waals surface area (Å²) in [5.41, 5.74) is 2.28. The lowest BCUT2D eigenvalue weighted by Crippen LogP contribution is -2.37. The number of anilines is 1. The molecule has 0 bridgehead atoms. The van der Waals surface area contributed by atoms with Crippen LogP contribution in [0.5, 0.6) is 11.5 Å². The molecule has 176 valence electrons. The van der Waals surface area contributed by atoms with Gasteiger partial charge in [-0.3, -0.25) is 4.90 Å². The van der Waals surface area contributed by atoms with Crippen LogP contribution in [0.2, 0.25) is 0 Å². The second-order valence-electron chi connectivity index (χ2n) is 9.94. The Morgan fingerprint density at radius 3 is 2.42 bits per heavy atom. The van der Waals surface area contributed by atoms with Gasteiger partial charge in [0.1, 0.15) is 22.7 Å². The van der Waals surface area contributed by atoms with Crippen molar-refractivity contribution in [2.75, 3.05) is 32.1 Å². The van der Waals surface area contributed by atoms with E-state index in [2.05, 4.69) is 16.8 Å². The maximum atomic E-state index is 13.3. The van der Waals surface area contributed by atoms with Gasteiger partial charge in [-0.05, 0) is 83.0 Å². The number of esters is 1. The van der Waals surface area contributed by atoms with Crippen molar-refractivity contribution < 1.29 is 23.8 Å². The van der Waals surface area contributed by atoms with Crippen LogP contribution < -0.4 is 14.4 Å². The molecule has 2 atom stereocenters. The van der Waals surface area contributed by atoms with Crippen molar-refractivity contribution in [3.05, 3.63) is 53.1 Å². The topological polar surface area (TPSA) is 68.3 Å². The van der Waals surface area contributed by atoms with E-state index < -0.39 is 17.7 Å². The van der Waals surface area contributed by atoms with Crippen LogP contribution in [0.1, 0.15) is 54.7 Å². The Bertz CT molecular complexity index is 1060. The molecule has 2 heterocycles. The molecule has 2 unspecified atom stereocenters. The summed E-state index contributed by atoms with van der Waals surface area (Å²) in [5.74, 6) is 0.487. The third-order valence-electron chi connectivity index (χ3n) is 6.26. The van der Waals surface area contributed by atoms with Gasteiger partial charge in [0.05, 0.1) is 0 Å². The number of ether oxygens (including phenoxy) is 3. The van der Waals surface area contributed by atoms with E-state index in [0.717, 1.165) is 36.3 Å². The van der Waals surface area contributed by atoms with Gasteiger partial charge in [-0.2, -0.15) is 0 Å². The zero-order valence-electron chi connectivity index (χ0n) is 20.2. The predicted octanol–water partition coefficient (Wildman–Crippen LogP) is 4.97. The van der Waals surface area contributed by atoms with Crippen molar-refractivity contribution in [2.45, 2.75) is 45.8 Å². The van der Waals surface area contributed by atoms with Crippen molar-refractivity contribution in [2.24, 2.45) is 5.92 Å².